The van der Waals surface area contributed by atoms with E-state index < -0.39 is 0 Å². The third-order valence-electron chi connectivity index (χ3n) is 3.85. The van der Waals surface area contributed by atoms with E-state index in [0.717, 1.165) is 26.2 Å². The van der Waals surface area contributed by atoms with Crippen molar-refractivity contribution in [2.75, 3.05) is 24.0 Å². The Kier molecular flexibility index (Phi) is 4.71. The summed E-state index contributed by atoms with van der Waals surface area (Å²) in [4.78, 5) is 14.8. The number of carbonyl (C=O) groups excluding carboxylic acids is 1. The fourth-order valence-electron chi connectivity index (χ4n) is 2.48. The zero-order chi connectivity index (χ0) is 17.3. The van der Waals surface area contributed by atoms with Crippen LogP contribution >= 0.6 is 22.6 Å². The maximum atomic E-state index is 12.7. The minimum absolute atomic E-state index is 0.0922. The van der Waals surface area contributed by atoms with Crippen LogP contribution in [0.2, 0.25) is 0 Å². The summed E-state index contributed by atoms with van der Waals surface area (Å²) in [5.74, 6) is -0.0922. The molecule has 0 unspecified atom stereocenters. The predicted octanol–water partition coefficient (Wildman–Crippen LogP) is 4.16. The van der Waals surface area contributed by atoms with E-state index in [2.05, 4.69) is 27.7 Å². The summed E-state index contributed by atoms with van der Waals surface area (Å²) in [5, 5.41) is 5.88. The van der Waals surface area contributed by atoms with E-state index in [4.69, 9.17) is 0 Å². The highest BCUT2D eigenvalue weighted by Crippen LogP contribution is 2.26. The van der Waals surface area contributed by atoms with E-state index in [0.29, 0.717) is 5.57 Å². The van der Waals surface area contributed by atoms with Crippen molar-refractivity contribution in [3.63, 3.8) is 0 Å². The minimum Gasteiger partial charge on any atom is -0.378 e. The third-order valence-corrected chi connectivity index (χ3v) is 4.57. The van der Waals surface area contributed by atoms with Crippen molar-refractivity contribution in [3.05, 3.63) is 63.2 Å². The highest BCUT2D eigenvalue weighted by Gasteiger charge is 2.28. The van der Waals surface area contributed by atoms with Crippen molar-refractivity contribution < 1.29 is 4.79 Å². The molecule has 0 N–H and O–H groups in total. The minimum atomic E-state index is -0.0922. The van der Waals surface area contributed by atoms with Gasteiger partial charge in [-0.05, 0) is 77.6 Å². The Morgan fingerprint density at radius 1 is 1.04 bits per heavy atom. The quantitative estimate of drug-likeness (QED) is 0.541. The van der Waals surface area contributed by atoms with Crippen LogP contribution in [0, 0.1) is 3.57 Å². The fourth-order valence-corrected chi connectivity index (χ4v) is 2.84. The number of hydrogen-bond acceptors (Lipinski definition) is 3. The average Bonchev–Trinajstić information content (AvgIpc) is 2.84. The molecule has 0 radical (unpaired) electrons. The van der Waals surface area contributed by atoms with E-state index in [1.807, 2.05) is 80.5 Å². The van der Waals surface area contributed by atoms with E-state index in [9.17, 15) is 4.79 Å². The lowest BCUT2D eigenvalue weighted by Gasteiger charge is -2.12. The Bertz CT molecular complexity index is 821. The van der Waals surface area contributed by atoms with Gasteiger partial charge in [-0.2, -0.15) is 10.1 Å². The van der Waals surface area contributed by atoms with Gasteiger partial charge < -0.3 is 4.90 Å². The van der Waals surface area contributed by atoms with Gasteiger partial charge >= 0.3 is 0 Å². The first-order valence-corrected chi connectivity index (χ1v) is 8.68. The lowest BCUT2D eigenvalue weighted by atomic mass is 10.1. The number of benzene rings is 2. The molecule has 1 amide bonds. The van der Waals surface area contributed by atoms with E-state index in [-0.39, 0.29) is 5.91 Å². The van der Waals surface area contributed by atoms with Gasteiger partial charge in [0, 0.05) is 23.4 Å². The van der Waals surface area contributed by atoms with Gasteiger partial charge in [-0.3, -0.25) is 4.79 Å². The second-order valence-corrected chi connectivity index (χ2v) is 7.07. The molecule has 3 rings (SSSR count). The van der Waals surface area contributed by atoms with Crippen LogP contribution in [0.5, 0.6) is 0 Å². The highest BCUT2D eigenvalue weighted by atomic mass is 127. The zero-order valence-electron chi connectivity index (χ0n) is 13.8. The molecule has 1 heterocycles. The van der Waals surface area contributed by atoms with Crippen LogP contribution in [0.25, 0.3) is 6.08 Å². The van der Waals surface area contributed by atoms with Crippen LogP contribution in [0.15, 0.2) is 59.2 Å². The molecule has 2 aromatic rings. The van der Waals surface area contributed by atoms with Crippen LogP contribution in [0.4, 0.5) is 11.4 Å². The molecule has 0 aromatic heterocycles. The first kappa shape index (κ1) is 16.7. The molecule has 2 aromatic carbocycles. The first-order valence-electron chi connectivity index (χ1n) is 7.60. The van der Waals surface area contributed by atoms with Gasteiger partial charge in [0.25, 0.3) is 5.91 Å². The van der Waals surface area contributed by atoms with Gasteiger partial charge in [-0.1, -0.05) is 12.1 Å². The van der Waals surface area contributed by atoms with Gasteiger partial charge in [0.1, 0.15) is 0 Å². The van der Waals surface area contributed by atoms with Crippen molar-refractivity contribution in [3.8, 4) is 0 Å². The molecular weight excluding hydrogens is 413 g/mol. The van der Waals surface area contributed by atoms with Crippen LogP contribution in [-0.4, -0.2) is 25.7 Å². The Balaban J connectivity index is 1.88. The summed E-state index contributed by atoms with van der Waals surface area (Å²) >= 11 is 2.24. The fraction of sp³-hybridized carbons (Fsp3) is 0.158. The zero-order valence-corrected chi connectivity index (χ0v) is 16.0. The summed E-state index contributed by atoms with van der Waals surface area (Å²) in [5.41, 5.74) is 4.26. The number of rotatable bonds is 3. The number of carbonyl (C=O) groups is 1. The molecule has 0 spiro atoms. The smallest absolute Gasteiger partial charge is 0.280 e. The van der Waals surface area contributed by atoms with E-state index in [1.165, 1.54) is 5.01 Å². The normalized spacial score (nSPS) is 15.8. The monoisotopic (exact) mass is 431 g/mol. The van der Waals surface area contributed by atoms with Crippen molar-refractivity contribution in [2.24, 2.45) is 5.10 Å². The van der Waals surface area contributed by atoms with Gasteiger partial charge in [-0.25, -0.2) is 0 Å². The molecule has 0 fully saturated rings. The molecular formula is C19H18IN3O. The van der Waals surface area contributed by atoms with Crippen molar-refractivity contribution in [1.29, 1.82) is 0 Å². The molecule has 0 saturated heterocycles. The summed E-state index contributed by atoms with van der Waals surface area (Å²) in [6.07, 6.45) is 1.90. The second-order valence-electron chi connectivity index (χ2n) is 5.82. The van der Waals surface area contributed by atoms with Gasteiger partial charge in [0.15, 0.2) is 0 Å². The molecule has 0 bridgehead atoms. The third kappa shape index (κ3) is 3.36. The number of amides is 1. The van der Waals surface area contributed by atoms with E-state index in [1.54, 1.807) is 0 Å². The van der Waals surface area contributed by atoms with Crippen molar-refractivity contribution >= 4 is 51.7 Å². The summed E-state index contributed by atoms with van der Waals surface area (Å²) in [7, 11) is 4.01. The largest absolute Gasteiger partial charge is 0.378 e. The van der Waals surface area contributed by atoms with E-state index >= 15 is 0 Å². The van der Waals surface area contributed by atoms with Crippen LogP contribution in [0.1, 0.15) is 12.5 Å². The standard InChI is InChI=1S/C19H18IN3O/c1-13-18(12-14-4-8-16(9-5-14)22(2)3)19(24)23(21-13)17-10-6-15(20)7-11-17/h4-12H,1-3H3. The number of halogens is 1. The molecule has 0 saturated carbocycles. The Hall–Kier alpha value is -2.15. The molecule has 122 valence electrons. The van der Waals surface area contributed by atoms with Crippen LogP contribution < -0.4 is 9.91 Å². The van der Waals surface area contributed by atoms with Crippen molar-refractivity contribution in [1.82, 2.24) is 0 Å². The van der Waals surface area contributed by atoms with Gasteiger partial charge in [0.05, 0.1) is 17.0 Å². The second kappa shape index (κ2) is 6.76. The van der Waals surface area contributed by atoms with Crippen LogP contribution in [-0.2, 0) is 4.79 Å². The maximum absolute atomic E-state index is 12.7. The summed E-state index contributed by atoms with van der Waals surface area (Å²) in [6.45, 7) is 1.87. The molecule has 4 nitrogen and oxygen atoms in total. The lowest BCUT2D eigenvalue weighted by molar-refractivity contribution is -0.114. The Morgan fingerprint density at radius 2 is 1.67 bits per heavy atom. The van der Waals surface area contributed by atoms with Crippen LogP contribution in [0.3, 0.4) is 0 Å². The number of hydrazone groups is 1. The summed E-state index contributed by atoms with van der Waals surface area (Å²) < 4.78 is 1.13. The number of hydrogen-bond donors (Lipinski definition) is 0. The lowest BCUT2D eigenvalue weighted by Crippen LogP contribution is -2.21. The SMILES string of the molecule is CC1=NN(c2ccc(I)cc2)C(=O)C1=Cc1ccc(N(C)C)cc1. The topological polar surface area (TPSA) is 35.9 Å². The number of nitrogens with zero attached hydrogens (tertiary/aromatic N) is 3. The van der Waals surface area contributed by atoms with Gasteiger partial charge in [0.2, 0.25) is 0 Å². The van der Waals surface area contributed by atoms with Crippen molar-refractivity contribution in [2.45, 2.75) is 6.92 Å². The molecule has 5 heteroatoms. The molecule has 1 aliphatic rings. The maximum Gasteiger partial charge on any atom is 0.280 e. The molecule has 24 heavy (non-hydrogen) atoms. The van der Waals surface area contributed by atoms with Gasteiger partial charge in [-0.15, -0.1) is 0 Å². The Labute approximate surface area is 155 Å². The molecule has 0 aliphatic carbocycles. The predicted molar refractivity (Wildman–Crippen MR) is 109 cm³/mol. The average molecular weight is 431 g/mol. The highest BCUT2D eigenvalue weighted by molar-refractivity contribution is 14.1. The Morgan fingerprint density at radius 3 is 2.25 bits per heavy atom. The molecule has 0 atom stereocenters. The number of anilines is 2. The molecule has 1 aliphatic heterocycles. The first-order chi connectivity index (χ1) is 11.5. The summed E-state index contributed by atoms with van der Waals surface area (Å²) in [6, 6.07) is 15.8.